The van der Waals surface area contributed by atoms with Gasteiger partial charge in [-0.15, -0.1) is 12.4 Å². The molecule has 0 spiro atoms. The summed E-state index contributed by atoms with van der Waals surface area (Å²) in [5.41, 5.74) is 1.25. The van der Waals surface area contributed by atoms with Crippen molar-refractivity contribution in [2.75, 3.05) is 6.54 Å². The van der Waals surface area contributed by atoms with Gasteiger partial charge in [0.25, 0.3) is 0 Å². The topological polar surface area (TPSA) is 12.0 Å². The number of hydrogen-bond acceptors (Lipinski definition) is 1. The molecule has 0 aliphatic carbocycles. The fraction of sp³-hybridized carbons (Fsp3) is 0.455. The number of benzene rings is 1. The summed E-state index contributed by atoms with van der Waals surface area (Å²) in [5, 5.41) is 4.76. The molecule has 1 aromatic rings. The fourth-order valence-corrected chi connectivity index (χ4v) is 2.17. The maximum absolute atomic E-state index is 5.97. The van der Waals surface area contributed by atoms with Crippen molar-refractivity contribution in [1.82, 2.24) is 5.32 Å². The van der Waals surface area contributed by atoms with Crippen LogP contribution in [0.15, 0.2) is 18.2 Å². The summed E-state index contributed by atoms with van der Waals surface area (Å²) in [6.07, 6.45) is 3.76. The first kappa shape index (κ1) is 13.1. The van der Waals surface area contributed by atoms with Crippen molar-refractivity contribution in [2.45, 2.75) is 25.3 Å². The third kappa shape index (κ3) is 3.25. The lowest BCUT2D eigenvalue weighted by Crippen LogP contribution is -2.26. The van der Waals surface area contributed by atoms with Gasteiger partial charge in [0.2, 0.25) is 0 Å². The maximum atomic E-state index is 5.97. The number of nitrogens with one attached hydrogen (secondary N) is 1. The molecular weight excluding hydrogens is 252 g/mol. The minimum Gasteiger partial charge on any atom is -0.310 e. The Hall–Kier alpha value is 0.0500. The van der Waals surface area contributed by atoms with Crippen LogP contribution in [0.4, 0.5) is 0 Å². The Kier molecular flexibility index (Phi) is 5.20. The van der Waals surface area contributed by atoms with Gasteiger partial charge in [0.1, 0.15) is 0 Å². The summed E-state index contributed by atoms with van der Waals surface area (Å²) >= 11 is 11.8. The highest BCUT2D eigenvalue weighted by molar-refractivity contribution is 6.42. The lowest BCUT2D eigenvalue weighted by atomic mass is 9.98. The van der Waals surface area contributed by atoms with Crippen molar-refractivity contribution in [3.05, 3.63) is 33.8 Å². The van der Waals surface area contributed by atoms with Gasteiger partial charge in [-0.25, -0.2) is 0 Å². The Morgan fingerprint density at radius 2 is 1.93 bits per heavy atom. The fourth-order valence-electron chi connectivity index (χ4n) is 1.87. The molecule has 1 aliphatic heterocycles. The number of halogens is 3. The van der Waals surface area contributed by atoms with E-state index in [4.69, 9.17) is 23.2 Å². The number of hydrogen-bond donors (Lipinski definition) is 1. The average molecular weight is 267 g/mol. The predicted octanol–water partition coefficient (Wildman–Crippen LogP) is 4.23. The van der Waals surface area contributed by atoms with Gasteiger partial charge in [0, 0.05) is 6.04 Å². The first-order valence-electron chi connectivity index (χ1n) is 4.96. The van der Waals surface area contributed by atoms with Gasteiger partial charge < -0.3 is 5.32 Å². The molecule has 15 heavy (non-hydrogen) atoms. The zero-order chi connectivity index (χ0) is 9.97. The Labute approximate surface area is 107 Å². The molecule has 0 unspecified atom stereocenters. The largest absolute Gasteiger partial charge is 0.310 e. The smallest absolute Gasteiger partial charge is 0.0595 e. The molecule has 1 aliphatic rings. The normalized spacial score (nSPS) is 20.8. The number of piperidine rings is 1. The minimum atomic E-state index is 0. The lowest BCUT2D eigenvalue weighted by Gasteiger charge is -2.24. The molecule has 1 heterocycles. The van der Waals surface area contributed by atoms with Crippen LogP contribution in [0.1, 0.15) is 30.9 Å². The van der Waals surface area contributed by atoms with E-state index in [9.17, 15) is 0 Å². The van der Waals surface area contributed by atoms with Crippen LogP contribution < -0.4 is 5.32 Å². The van der Waals surface area contributed by atoms with Crippen LogP contribution in [-0.4, -0.2) is 6.54 Å². The van der Waals surface area contributed by atoms with Crippen LogP contribution in [0.3, 0.4) is 0 Å². The highest BCUT2D eigenvalue weighted by Gasteiger charge is 2.15. The Balaban J connectivity index is 0.00000112. The summed E-state index contributed by atoms with van der Waals surface area (Å²) in [6.45, 7) is 1.10. The van der Waals surface area contributed by atoms with Crippen molar-refractivity contribution >= 4 is 35.6 Å². The van der Waals surface area contributed by atoms with Crippen LogP contribution in [-0.2, 0) is 0 Å². The monoisotopic (exact) mass is 265 g/mol. The van der Waals surface area contributed by atoms with Crippen molar-refractivity contribution < 1.29 is 0 Å². The van der Waals surface area contributed by atoms with Gasteiger partial charge in [-0.2, -0.15) is 0 Å². The molecule has 84 valence electrons. The molecule has 0 bridgehead atoms. The molecular formula is C11H14Cl3N. The van der Waals surface area contributed by atoms with E-state index in [1.54, 1.807) is 0 Å². The van der Waals surface area contributed by atoms with E-state index in [1.807, 2.05) is 12.1 Å². The van der Waals surface area contributed by atoms with Crippen molar-refractivity contribution in [1.29, 1.82) is 0 Å². The molecule has 1 N–H and O–H groups in total. The van der Waals surface area contributed by atoms with E-state index in [1.165, 1.54) is 24.8 Å². The van der Waals surface area contributed by atoms with Crippen LogP contribution in [0.25, 0.3) is 0 Å². The van der Waals surface area contributed by atoms with Gasteiger partial charge >= 0.3 is 0 Å². The molecule has 4 heteroatoms. The summed E-state index contributed by atoms with van der Waals surface area (Å²) in [4.78, 5) is 0. The minimum absolute atomic E-state index is 0. The van der Waals surface area contributed by atoms with E-state index in [0.29, 0.717) is 16.1 Å². The van der Waals surface area contributed by atoms with Gasteiger partial charge in [-0.05, 0) is 37.1 Å². The van der Waals surface area contributed by atoms with Gasteiger partial charge in [-0.3, -0.25) is 0 Å². The summed E-state index contributed by atoms with van der Waals surface area (Å²) in [6, 6.07) is 6.35. The van der Waals surface area contributed by atoms with Crippen molar-refractivity contribution in [3.63, 3.8) is 0 Å². The molecule has 0 radical (unpaired) electrons. The predicted molar refractivity (Wildman–Crippen MR) is 68.3 cm³/mol. The molecule has 1 fully saturated rings. The first-order chi connectivity index (χ1) is 6.77. The molecule has 2 rings (SSSR count). The van der Waals surface area contributed by atoms with Crippen molar-refractivity contribution in [3.8, 4) is 0 Å². The maximum Gasteiger partial charge on any atom is 0.0595 e. The molecule has 0 aromatic heterocycles. The van der Waals surface area contributed by atoms with Gasteiger partial charge in [0.15, 0.2) is 0 Å². The summed E-state index contributed by atoms with van der Waals surface area (Å²) < 4.78 is 0. The molecule has 0 saturated carbocycles. The number of rotatable bonds is 1. The lowest BCUT2D eigenvalue weighted by molar-refractivity contribution is 0.412. The Bertz CT molecular complexity index is 322. The second-order valence-corrected chi connectivity index (χ2v) is 4.49. The molecule has 1 nitrogen and oxygen atoms in total. The van der Waals surface area contributed by atoms with E-state index in [2.05, 4.69) is 11.4 Å². The van der Waals surface area contributed by atoms with E-state index in [0.717, 1.165) is 6.54 Å². The third-order valence-electron chi connectivity index (χ3n) is 2.66. The highest BCUT2D eigenvalue weighted by Crippen LogP contribution is 2.28. The van der Waals surface area contributed by atoms with Gasteiger partial charge in [-0.1, -0.05) is 35.7 Å². The van der Waals surface area contributed by atoms with Gasteiger partial charge in [0.05, 0.1) is 10.0 Å². The Morgan fingerprint density at radius 1 is 1.13 bits per heavy atom. The molecule has 1 atom stereocenters. The van der Waals surface area contributed by atoms with Crippen LogP contribution in [0, 0.1) is 0 Å². The molecule has 0 amide bonds. The summed E-state index contributed by atoms with van der Waals surface area (Å²) in [5.74, 6) is 0. The van der Waals surface area contributed by atoms with Crippen LogP contribution in [0.2, 0.25) is 10.0 Å². The highest BCUT2D eigenvalue weighted by atomic mass is 35.5. The zero-order valence-corrected chi connectivity index (χ0v) is 10.6. The Morgan fingerprint density at radius 3 is 2.53 bits per heavy atom. The molecule has 1 aromatic carbocycles. The van der Waals surface area contributed by atoms with E-state index in [-0.39, 0.29) is 12.4 Å². The quantitative estimate of drug-likeness (QED) is 0.802. The van der Waals surface area contributed by atoms with Crippen molar-refractivity contribution in [2.24, 2.45) is 0 Å². The second-order valence-electron chi connectivity index (χ2n) is 3.68. The molecule has 1 saturated heterocycles. The zero-order valence-electron chi connectivity index (χ0n) is 8.30. The van der Waals surface area contributed by atoms with Crippen LogP contribution in [0.5, 0.6) is 0 Å². The van der Waals surface area contributed by atoms with E-state index >= 15 is 0 Å². The SMILES string of the molecule is Cl.Clc1ccc([C@@H]2CCCCN2)cc1Cl. The second kappa shape index (κ2) is 5.95. The van der Waals surface area contributed by atoms with E-state index < -0.39 is 0 Å². The standard InChI is InChI=1S/C11H13Cl2N.ClH/c12-9-5-4-8(7-10(9)13)11-3-1-2-6-14-11;/h4-5,7,11,14H,1-3,6H2;1H/t11-;/m0./s1. The average Bonchev–Trinajstić information content (AvgIpc) is 2.23. The summed E-state index contributed by atoms with van der Waals surface area (Å²) in [7, 11) is 0. The third-order valence-corrected chi connectivity index (χ3v) is 3.40. The first-order valence-corrected chi connectivity index (χ1v) is 5.71. The van der Waals surface area contributed by atoms with Crippen LogP contribution >= 0.6 is 35.6 Å².